The second kappa shape index (κ2) is 7.06. The molecule has 2 aromatic rings. The van der Waals surface area contributed by atoms with Gasteiger partial charge in [-0.2, -0.15) is 0 Å². The zero-order valence-corrected chi connectivity index (χ0v) is 12.4. The van der Waals surface area contributed by atoms with Crippen molar-refractivity contribution in [3.05, 3.63) is 59.4 Å². The first kappa shape index (κ1) is 14.5. The summed E-state index contributed by atoms with van der Waals surface area (Å²) in [6, 6.07) is 12.5. The summed E-state index contributed by atoms with van der Waals surface area (Å²) in [6.45, 7) is 5.21. The van der Waals surface area contributed by atoms with Gasteiger partial charge in [0.05, 0.1) is 13.2 Å². The Kier molecular flexibility index (Phi) is 5.13. The van der Waals surface area contributed by atoms with Gasteiger partial charge in [-0.25, -0.2) is 0 Å². The van der Waals surface area contributed by atoms with E-state index in [0.717, 1.165) is 24.4 Å². The van der Waals surface area contributed by atoms with Gasteiger partial charge in [0.2, 0.25) is 0 Å². The lowest BCUT2D eigenvalue weighted by Crippen LogP contribution is -2.24. The molecule has 1 aromatic heterocycles. The van der Waals surface area contributed by atoms with Crippen LogP contribution in [0.3, 0.4) is 0 Å². The summed E-state index contributed by atoms with van der Waals surface area (Å²) in [5.41, 5.74) is 3.53. The molecule has 1 N–H and O–H groups in total. The Labute approximate surface area is 121 Å². The summed E-state index contributed by atoms with van der Waals surface area (Å²) in [7, 11) is 1.69. The molecule has 0 aliphatic heterocycles. The van der Waals surface area contributed by atoms with Gasteiger partial charge in [0.15, 0.2) is 0 Å². The van der Waals surface area contributed by atoms with Crippen molar-refractivity contribution < 1.29 is 4.74 Å². The summed E-state index contributed by atoms with van der Waals surface area (Å²) in [5, 5.41) is 3.60. The molecule has 3 heteroatoms. The van der Waals surface area contributed by atoms with Crippen molar-refractivity contribution in [1.82, 2.24) is 10.3 Å². The number of pyridine rings is 1. The van der Waals surface area contributed by atoms with Crippen LogP contribution in [0, 0.1) is 6.92 Å². The zero-order valence-electron chi connectivity index (χ0n) is 12.4. The quantitative estimate of drug-likeness (QED) is 0.872. The van der Waals surface area contributed by atoms with Crippen LogP contribution in [0.2, 0.25) is 0 Å². The maximum atomic E-state index is 5.23. The molecule has 0 amide bonds. The number of benzene rings is 1. The minimum absolute atomic E-state index is 0.176. The normalized spacial score (nSPS) is 12.2. The predicted molar refractivity (Wildman–Crippen MR) is 82.1 cm³/mol. The number of nitrogens with zero attached hydrogens (tertiary/aromatic N) is 1. The van der Waals surface area contributed by atoms with Crippen molar-refractivity contribution in [3.63, 3.8) is 0 Å². The monoisotopic (exact) mass is 270 g/mol. The Morgan fingerprint density at radius 1 is 1.20 bits per heavy atom. The van der Waals surface area contributed by atoms with E-state index in [9.17, 15) is 0 Å². The second-order valence-electron chi connectivity index (χ2n) is 4.84. The number of hydrogen-bond donors (Lipinski definition) is 1. The van der Waals surface area contributed by atoms with Gasteiger partial charge in [-0.1, -0.05) is 25.1 Å². The second-order valence-corrected chi connectivity index (χ2v) is 4.84. The maximum absolute atomic E-state index is 5.23. The van der Waals surface area contributed by atoms with E-state index >= 15 is 0 Å². The molecular weight excluding hydrogens is 248 g/mol. The molecule has 3 nitrogen and oxygen atoms in total. The summed E-state index contributed by atoms with van der Waals surface area (Å²) in [6.07, 6.45) is 2.94. The fourth-order valence-corrected chi connectivity index (χ4v) is 2.29. The van der Waals surface area contributed by atoms with Gasteiger partial charge < -0.3 is 10.1 Å². The molecule has 2 rings (SSSR count). The predicted octanol–water partition coefficient (Wildman–Crippen LogP) is 3.49. The molecule has 0 aliphatic rings. The highest BCUT2D eigenvalue weighted by Gasteiger charge is 2.15. The lowest BCUT2D eigenvalue weighted by atomic mass is 9.97. The molecule has 1 atom stereocenters. The van der Waals surface area contributed by atoms with Gasteiger partial charge in [0.1, 0.15) is 5.75 Å². The molecule has 1 aromatic carbocycles. The lowest BCUT2D eigenvalue weighted by molar-refractivity contribution is 0.414. The molecular formula is C17H22N2O. The van der Waals surface area contributed by atoms with E-state index in [-0.39, 0.29) is 6.04 Å². The van der Waals surface area contributed by atoms with Crippen LogP contribution < -0.4 is 10.1 Å². The Morgan fingerprint density at radius 2 is 1.95 bits per heavy atom. The number of aryl methyl sites for hydroxylation is 1. The Morgan fingerprint density at radius 3 is 2.55 bits per heavy atom. The summed E-state index contributed by atoms with van der Waals surface area (Å²) < 4.78 is 5.23. The van der Waals surface area contributed by atoms with Crippen LogP contribution in [-0.4, -0.2) is 18.6 Å². The van der Waals surface area contributed by atoms with E-state index < -0.39 is 0 Å². The number of methoxy groups -OCH3 is 1. The third-order valence-electron chi connectivity index (χ3n) is 3.41. The van der Waals surface area contributed by atoms with Crippen LogP contribution in [0.15, 0.2) is 42.6 Å². The first-order chi connectivity index (χ1) is 9.76. The highest BCUT2D eigenvalue weighted by molar-refractivity contribution is 5.36. The van der Waals surface area contributed by atoms with E-state index in [4.69, 9.17) is 4.74 Å². The van der Waals surface area contributed by atoms with Crippen molar-refractivity contribution >= 4 is 0 Å². The average Bonchev–Trinajstić information content (AvgIpc) is 2.50. The van der Waals surface area contributed by atoms with E-state index in [1.54, 1.807) is 7.11 Å². The number of ether oxygens (including phenoxy) is 1. The Bertz CT molecular complexity index is 537. The summed E-state index contributed by atoms with van der Waals surface area (Å²) >= 11 is 0. The van der Waals surface area contributed by atoms with E-state index in [0.29, 0.717) is 0 Å². The van der Waals surface area contributed by atoms with Crippen molar-refractivity contribution in [2.45, 2.75) is 26.3 Å². The lowest BCUT2D eigenvalue weighted by Gasteiger charge is -2.21. The highest BCUT2D eigenvalue weighted by Crippen LogP contribution is 2.25. The molecule has 1 heterocycles. The standard InChI is InChI=1S/C17H22N2O/c1-4-11-19-17(16-6-5-12-18-13(16)2)14-7-9-15(20-3)10-8-14/h5-10,12,17,19H,4,11H2,1-3H3. The molecule has 0 bridgehead atoms. The zero-order chi connectivity index (χ0) is 14.4. The largest absolute Gasteiger partial charge is 0.497 e. The van der Waals surface area contributed by atoms with E-state index in [2.05, 4.69) is 42.3 Å². The number of rotatable bonds is 6. The Hall–Kier alpha value is -1.87. The molecule has 106 valence electrons. The van der Waals surface area contributed by atoms with Crippen LogP contribution in [-0.2, 0) is 0 Å². The third kappa shape index (κ3) is 3.36. The number of hydrogen-bond acceptors (Lipinski definition) is 3. The first-order valence-electron chi connectivity index (χ1n) is 7.05. The van der Waals surface area contributed by atoms with Crippen molar-refractivity contribution in [2.24, 2.45) is 0 Å². The smallest absolute Gasteiger partial charge is 0.118 e. The molecule has 0 aliphatic carbocycles. The van der Waals surface area contributed by atoms with Gasteiger partial charge >= 0.3 is 0 Å². The SMILES string of the molecule is CCCNC(c1ccc(OC)cc1)c1cccnc1C. The minimum atomic E-state index is 0.176. The van der Waals surface area contributed by atoms with E-state index in [1.165, 1.54) is 11.1 Å². The summed E-state index contributed by atoms with van der Waals surface area (Å²) in [5.74, 6) is 0.880. The third-order valence-corrected chi connectivity index (χ3v) is 3.41. The van der Waals surface area contributed by atoms with Gasteiger partial charge in [-0.3, -0.25) is 4.98 Å². The topological polar surface area (TPSA) is 34.1 Å². The first-order valence-corrected chi connectivity index (χ1v) is 7.05. The number of aromatic nitrogens is 1. The van der Waals surface area contributed by atoms with Crippen LogP contribution in [0.25, 0.3) is 0 Å². The van der Waals surface area contributed by atoms with Gasteiger partial charge in [0.25, 0.3) is 0 Å². The average molecular weight is 270 g/mol. The molecule has 0 radical (unpaired) electrons. The Balaban J connectivity index is 2.33. The number of nitrogens with one attached hydrogen (secondary N) is 1. The fourth-order valence-electron chi connectivity index (χ4n) is 2.29. The molecule has 1 unspecified atom stereocenters. The molecule has 0 fully saturated rings. The van der Waals surface area contributed by atoms with Crippen LogP contribution in [0.4, 0.5) is 0 Å². The fraction of sp³-hybridized carbons (Fsp3) is 0.353. The van der Waals surface area contributed by atoms with Crippen LogP contribution >= 0.6 is 0 Å². The molecule has 0 spiro atoms. The van der Waals surface area contributed by atoms with E-state index in [1.807, 2.05) is 24.4 Å². The molecule has 0 saturated heterocycles. The summed E-state index contributed by atoms with van der Waals surface area (Å²) in [4.78, 5) is 4.40. The van der Waals surface area contributed by atoms with Crippen LogP contribution in [0.1, 0.15) is 36.2 Å². The molecule has 0 saturated carbocycles. The minimum Gasteiger partial charge on any atom is -0.497 e. The van der Waals surface area contributed by atoms with Gasteiger partial charge in [0, 0.05) is 11.9 Å². The van der Waals surface area contributed by atoms with Crippen LogP contribution in [0.5, 0.6) is 5.75 Å². The molecule has 20 heavy (non-hydrogen) atoms. The van der Waals surface area contributed by atoms with Gasteiger partial charge in [-0.05, 0) is 49.2 Å². The van der Waals surface area contributed by atoms with Crippen molar-refractivity contribution in [3.8, 4) is 5.75 Å². The highest BCUT2D eigenvalue weighted by atomic mass is 16.5. The van der Waals surface area contributed by atoms with Crippen molar-refractivity contribution in [2.75, 3.05) is 13.7 Å². The maximum Gasteiger partial charge on any atom is 0.118 e. The van der Waals surface area contributed by atoms with Crippen molar-refractivity contribution in [1.29, 1.82) is 0 Å². The van der Waals surface area contributed by atoms with Gasteiger partial charge in [-0.15, -0.1) is 0 Å².